The number of methoxy groups -OCH3 is 1. The molecule has 0 spiro atoms. The highest BCUT2D eigenvalue weighted by atomic mass is 79.9. The summed E-state index contributed by atoms with van der Waals surface area (Å²) in [7, 11) is 1.69. The predicted octanol–water partition coefficient (Wildman–Crippen LogP) is 4.46. The van der Waals surface area contributed by atoms with E-state index in [-0.39, 0.29) is 5.41 Å². The van der Waals surface area contributed by atoms with E-state index in [9.17, 15) is 0 Å². The zero-order chi connectivity index (χ0) is 13.5. The average Bonchev–Trinajstić information content (AvgIpc) is 2.27. The number of benzene rings is 1. The van der Waals surface area contributed by atoms with Gasteiger partial charge in [-0.15, -0.1) is 10.2 Å². The van der Waals surface area contributed by atoms with Gasteiger partial charge in [-0.25, -0.2) is 0 Å². The lowest BCUT2D eigenvalue weighted by Gasteiger charge is -2.23. The molecule has 18 heavy (non-hydrogen) atoms. The summed E-state index contributed by atoms with van der Waals surface area (Å²) in [4.78, 5) is 0. The Kier molecular flexibility index (Phi) is 3.65. The number of halogens is 2. The van der Waals surface area contributed by atoms with Gasteiger partial charge in [0.25, 0.3) is 0 Å². The second-order valence-corrected chi connectivity index (χ2v) is 6.79. The maximum Gasteiger partial charge on any atom is 0.132 e. The van der Waals surface area contributed by atoms with E-state index in [1.807, 2.05) is 6.07 Å². The third-order valence-electron chi connectivity index (χ3n) is 2.76. The fourth-order valence-corrected chi connectivity index (χ4v) is 2.73. The Morgan fingerprint density at radius 1 is 1.11 bits per heavy atom. The van der Waals surface area contributed by atoms with Crippen molar-refractivity contribution < 1.29 is 4.74 Å². The monoisotopic (exact) mass is 372 g/mol. The Balaban J connectivity index is 2.90. The molecule has 5 heteroatoms. The van der Waals surface area contributed by atoms with Crippen LogP contribution in [0.25, 0.3) is 10.9 Å². The first-order valence-electron chi connectivity index (χ1n) is 5.54. The Hall–Kier alpha value is -0.680. The molecule has 0 atom stereocenters. The Morgan fingerprint density at radius 3 is 2.33 bits per heavy atom. The third-order valence-corrected chi connectivity index (χ3v) is 3.75. The van der Waals surface area contributed by atoms with Crippen molar-refractivity contribution in [2.75, 3.05) is 7.11 Å². The molecule has 0 aliphatic heterocycles. The summed E-state index contributed by atoms with van der Waals surface area (Å²) in [6.45, 7) is 6.48. The first-order chi connectivity index (χ1) is 8.34. The summed E-state index contributed by atoms with van der Waals surface area (Å²) in [6.07, 6.45) is 0. The Bertz CT molecular complexity index is 606. The van der Waals surface area contributed by atoms with Crippen LogP contribution in [0.15, 0.2) is 21.2 Å². The summed E-state index contributed by atoms with van der Waals surface area (Å²) >= 11 is 6.91. The molecule has 0 unspecified atom stereocenters. The highest BCUT2D eigenvalue weighted by Crippen LogP contribution is 2.40. The van der Waals surface area contributed by atoms with Crippen LogP contribution in [-0.4, -0.2) is 17.3 Å². The Morgan fingerprint density at radius 2 is 1.78 bits per heavy atom. The van der Waals surface area contributed by atoms with Gasteiger partial charge in [0.05, 0.1) is 7.11 Å². The van der Waals surface area contributed by atoms with E-state index in [2.05, 4.69) is 68.9 Å². The summed E-state index contributed by atoms with van der Waals surface area (Å²) in [5.41, 5.74) is 1.95. The number of aromatic nitrogens is 2. The molecule has 1 aromatic heterocycles. The fourth-order valence-electron chi connectivity index (χ4n) is 1.90. The van der Waals surface area contributed by atoms with Gasteiger partial charge in [0, 0.05) is 15.4 Å². The number of hydrogen-bond acceptors (Lipinski definition) is 3. The maximum absolute atomic E-state index is 5.59. The van der Waals surface area contributed by atoms with E-state index in [4.69, 9.17) is 4.74 Å². The topological polar surface area (TPSA) is 35.0 Å². The summed E-state index contributed by atoms with van der Waals surface area (Å²) in [5.74, 6) is 0.858. The number of hydrogen-bond donors (Lipinski definition) is 0. The fraction of sp³-hybridized carbons (Fsp3) is 0.385. The van der Waals surface area contributed by atoms with Crippen molar-refractivity contribution in [2.24, 2.45) is 0 Å². The van der Waals surface area contributed by atoms with Crippen LogP contribution in [0, 0.1) is 0 Å². The van der Waals surface area contributed by atoms with Crippen LogP contribution in [0.3, 0.4) is 0 Å². The first kappa shape index (κ1) is 13.7. The van der Waals surface area contributed by atoms with Crippen molar-refractivity contribution in [2.45, 2.75) is 26.2 Å². The van der Waals surface area contributed by atoms with Gasteiger partial charge in [-0.3, -0.25) is 0 Å². The molecule has 1 heterocycles. The van der Waals surface area contributed by atoms with Crippen molar-refractivity contribution in [1.82, 2.24) is 10.2 Å². The van der Waals surface area contributed by atoms with Gasteiger partial charge in [-0.1, -0.05) is 20.8 Å². The van der Waals surface area contributed by atoms with E-state index in [1.54, 1.807) is 7.11 Å². The van der Waals surface area contributed by atoms with Crippen LogP contribution in [0.2, 0.25) is 0 Å². The van der Waals surface area contributed by atoms with Crippen LogP contribution in [-0.2, 0) is 5.41 Å². The molecule has 0 aliphatic carbocycles. The zero-order valence-electron chi connectivity index (χ0n) is 10.7. The molecule has 0 radical (unpaired) electrons. The number of rotatable bonds is 1. The predicted molar refractivity (Wildman–Crippen MR) is 80.2 cm³/mol. The van der Waals surface area contributed by atoms with Crippen LogP contribution in [0.5, 0.6) is 5.75 Å². The lowest BCUT2D eigenvalue weighted by Crippen LogP contribution is -2.13. The second kappa shape index (κ2) is 4.78. The van der Waals surface area contributed by atoms with Gasteiger partial charge < -0.3 is 4.74 Å². The quantitative estimate of drug-likeness (QED) is 0.740. The lowest BCUT2D eigenvalue weighted by atomic mass is 9.85. The zero-order valence-corrected chi connectivity index (χ0v) is 13.9. The van der Waals surface area contributed by atoms with E-state index >= 15 is 0 Å². The number of nitrogens with zero attached hydrogens (tertiary/aromatic N) is 2. The number of ether oxygens (including phenoxy) is 1. The van der Waals surface area contributed by atoms with Gasteiger partial charge >= 0.3 is 0 Å². The van der Waals surface area contributed by atoms with Crippen molar-refractivity contribution in [3.05, 3.63) is 26.8 Å². The molecule has 0 N–H and O–H groups in total. The van der Waals surface area contributed by atoms with Crippen molar-refractivity contribution in [1.29, 1.82) is 0 Å². The van der Waals surface area contributed by atoms with Gasteiger partial charge in [0.15, 0.2) is 0 Å². The average molecular weight is 374 g/mol. The van der Waals surface area contributed by atoms with Crippen molar-refractivity contribution in [3.8, 4) is 5.75 Å². The smallest absolute Gasteiger partial charge is 0.132 e. The largest absolute Gasteiger partial charge is 0.496 e. The Labute approximate surface area is 123 Å². The van der Waals surface area contributed by atoms with Gasteiger partial charge in [-0.2, -0.15) is 0 Å². The molecule has 0 aliphatic rings. The van der Waals surface area contributed by atoms with Crippen LogP contribution >= 0.6 is 31.9 Å². The minimum Gasteiger partial charge on any atom is -0.496 e. The standard InChI is InChI=1S/C13H14Br2N2O/c1-13(2,3)8-6-9(14)11-7(12(8)18-4)5-10(15)16-17-11/h5-6H,1-4H3. The highest BCUT2D eigenvalue weighted by Gasteiger charge is 2.23. The van der Waals surface area contributed by atoms with E-state index < -0.39 is 0 Å². The molecule has 0 bridgehead atoms. The van der Waals surface area contributed by atoms with Gasteiger partial charge in [0.1, 0.15) is 15.9 Å². The molecule has 0 amide bonds. The first-order valence-corrected chi connectivity index (χ1v) is 7.13. The third kappa shape index (κ3) is 2.38. The maximum atomic E-state index is 5.59. The van der Waals surface area contributed by atoms with Crippen molar-refractivity contribution in [3.63, 3.8) is 0 Å². The van der Waals surface area contributed by atoms with Crippen LogP contribution in [0.4, 0.5) is 0 Å². The summed E-state index contributed by atoms with van der Waals surface area (Å²) in [6, 6.07) is 3.99. The van der Waals surface area contributed by atoms with E-state index in [0.717, 1.165) is 26.7 Å². The number of fused-ring (bicyclic) bond motifs is 1. The molecule has 0 saturated carbocycles. The van der Waals surface area contributed by atoms with Crippen LogP contribution < -0.4 is 4.74 Å². The molecule has 2 rings (SSSR count). The van der Waals surface area contributed by atoms with Crippen LogP contribution in [0.1, 0.15) is 26.3 Å². The SMILES string of the molecule is COc1c(C(C)(C)C)cc(Br)c2nnc(Br)cc12. The summed E-state index contributed by atoms with van der Waals surface area (Å²) in [5, 5.41) is 9.16. The molecule has 0 fully saturated rings. The minimum atomic E-state index is -0.00218. The molecule has 1 aromatic carbocycles. The highest BCUT2D eigenvalue weighted by molar-refractivity contribution is 9.11. The molecule has 2 aromatic rings. The minimum absolute atomic E-state index is 0.00218. The van der Waals surface area contributed by atoms with Gasteiger partial charge in [-0.05, 0) is 49.4 Å². The molecular weight excluding hydrogens is 360 g/mol. The van der Waals surface area contributed by atoms with Gasteiger partial charge in [0.2, 0.25) is 0 Å². The lowest BCUT2D eigenvalue weighted by molar-refractivity contribution is 0.402. The molecular formula is C13H14Br2N2O. The molecule has 0 saturated heterocycles. The van der Waals surface area contributed by atoms with E-state index in [0.29, 0.717) is 4.60 Å². The van der Waals surface area contributed by atoms with Crippen molar-refractivity contribution >= 4 is 42.8 Å². The normalized spacial score (nSPS) is 11.9. The molecule has 96 valence electrons. The second-order valence-electron chi connectivity index (χ2n) is 5.12. The molecule has 3 nitrogen and oxygen atoms in total. The summed E-state index contributed by atoms with van der Waals surface area (Å²) < 4.78 is 7.22. The van der Waals surface area contributed by atoms with E-state index in [1.165, 1.54) is 0 Å².